The van der Waals surface area contributed by atoms with Gasteiger partial charge in [-0.1, -0.05) is 12.8 Å². The summed E-state index contributed by atoms with van der Waals surface area (Å²) in [7, 11) is 0. The largest absolute Gasteiger partial charge is 0.295 e. The van der Waals surface area contributed by atoms with Crippen LogP contribution in [0.1, 0.15) is 47.0 Å². The molecule has 1 N–H and O–H groups in total. The first-order valence-corrected chi connectivity index (χ1v) is 6.75. The van der Waals surface area contributed by atoms with Gasteiger partial charge in [0.05, 0.1) is 6.07 Å². The summed E-state index contributed by atoms with van der Waals surface area (Å²) in [6.07, 6.45) is 5.05. The van der Waals surface area contributed by atoms with Crippen LogP contribution in [0.5, 0.6) is 0 Å². The van der Waals surface area contributed by atoms with Crippen molar-refractivity contribution in [2.45, 2.75) is 51.6 Å². The first-order valence-electron chi connectivity index (χ1n) is 5.93. The van der Waals surface area contributed by atoms with Crippen LogP contribution in [0.25, 0.3) is 0 Å². The Balaban J connectivity index is 2.10. The van der Waals surface area contributed by atoms with Crippen LogP contribution < -0.4 is 5.32 Å². The zero-order valence-electron chi connectivity index (χ0n) is 9.92. The molecule has 0 spiro atoms. The van der Waals surface area contributed by atoms with Crippen LogP contribution in [-0.4, -0.2) is 6.04 Å². The van der Waals surface area contributed by atoms with E-state index in [2.05, 4.69) is 31.3 Å². The van der Waals surface area contributed by atoms with E-state index in [1.54, 1.807) is 11.3 Å². The molecule has 1 aromatic rings. The van der Waals surface area contributed by atoms with Crippen molar-refractivity contribution in [3.8, 4) is 6.07 Å². The molecule has 3 heteroatoms. The van der Waals surface area contributed by atoms with Crippen LogP contribution >= 0.6 is 11.3 Å². The minimum atomic E-state index is -0.118. The number of hydrogen-bond acceptors (Lipinski definition) is 3. The molecule has 1 aromatic heterocycles. The summed E-state index contributed by atoms with van der Waals surface area (Å²) in [4.78, 5) is 2.57. The Bertz CT molecular complexity index is 397. The maximum absolute atomic E-state index is 9.27. The van der Waals surface area contributed by atoms with Gasteiger partial charge in [-0.25, -0.2) is 0 Å². The van der Waals surface area contributed by atoms with Gasteiger partial charge in [-0.05, 0) is 38.3 Å². The van der Waals surface area contributed by atoms with Gasteiger partial charge in [0.1, 0.15) is 6.04 Å². The minimum Gasteiger partial charge on any atom is -0.295 e. The molecule has 86 valence electrons. The van der Waals surface area contributed by atoms with Gasteiger partial charge < -0.3 is 0 Å². The first kappa shape index (κ1) is 11.6. The molecule has 1 aliphatic rings. The third-order valence-electron chi connectivity index (χ3n) is 3.28. The standard InChI is InChI=1S/C13H18N2S/c1-9-7-12(10(2)16-9)13(8-14)15-11-5-3-4-6-11/h7,11,13,15H,3-6H2,1-2H3. The average molecular weight is 234 g/mol. The molecule has 1 unspecified atom stereocenters. The lowest BCUT2D eigenvalue weighted by molar-refractivity contribution is 0.492. The van der Waals surface area contributed by atoms with Crippen LogP contribution in [0.15, 0.2) is 6.07 Å². The van der Waals surface area contributed by atoms with E-state index in [0.717, 1.165) is 0 Å². The van der Waals surface area contributed by atoms with Crippen LogP contribution in [0.2, 0.25) is 0 Å². The fourth-order valence-corrected chi connectivity index (χ4v) is 3.43. The van der Waals surface area contributed by atoms with Gasteiger partial charge in [0.2, 0.25) is 0 Å². The Kier molecular flexibility index (Phi) is 3.63. The molecule has 0 radical (unpaired) electrons. The number of nitrogens with zero attached hydrogens (tertiary/aromatic N) is 1. The third kappa shape index (κ3) is 2.45. The first-order chi connectivity index (χ1) is 7.70. The number of hydrogen-bond donors (Lipinski definition) is 1. The molecule has 0 saturated heterocycles. The van der Waals surface area contributed by atoms with E-state index in [4.69, 9.17) is 0 Å². The van der Waals surface area contributed by atoms with Crippen molar-refractivity contribution in [3.63, 3.8) is 0 Å². The van der Waals surface area contributed by atoms with E-state index < -0.39 is 0 Å². The van der Waals surface area contributed by atoms with Gasteiger partial charge in [0.15, 0.2) is 0 Å². The van der Waals surface area contributed by atoms with E-state index in [0.29, 0.717) is 6.04 Å². The smallest absolute Gasteiger partial charge is 0.122 e. The highest BCUT2D eigenvalue weighted by Crippen LogP contribution is 2.28. The lowest BCUT2D eigenvalue weighted by atomic mass is 10.1. The van der Waals surface area contributed by atoms with Gasteiger partial charge in [-0.3, -0.25) is 5.32 Å². The van der Waals surface area contributed by atoms with E-state index >= 15 is 0 Å². The van der Waals surface area contributed by atoms with Crippen molar-refractivity contribution in [1.82, 2.24) is 5.32 Å². The lowest BCUT2D eigenvalue weighted by Gasteiger charge is -2.17. The molecule has 0 bridgehead atoms. The predicted molar refractivity (Wildman–Crippen MR) is 67.5 cm³/mol. The van der Waals surface area contributed by atoms with Gasteiger partial charge >= 0.3 is 0 Å². The topological polar surface area (TPSA) is 35.8 Å². The molecule has 1 atom stereocenters. The highest BCUT2D eigenvalue weighted by atomic mass is 32.1. The molecule has 1 saturated carbocycles. The van der Waals surface area contributed by atoms with Crippen molar-refractivity contribution < 1.29 is 0 Å². The zero-order chi connectivity index (χ0) is 11.5. The summed E-state index contributed by atoms with van der Waals surface area (Å²) in [6.45, 7) is 4.21. The van der Waals surface area contributed by atoms with Crippen molar-refractivity contribution in [2.75, 3.05) is 0 Å². The van der Waals surface area contributed by atoms with Crippen LogP contribution in [-0.2, 0) is 0 Å². The third-order valence-corrected chi connectivity index (χ3v) is 4.26. The Labute approximate surface area is 101 Å². The molecule has 2 rings (SSSR count). The lowest BCUT2D eigenvalue weighted by Crippen LogP contribution is -2.29. The van der Waals surface area contributed by atoms with E-state index in [-0.39, 0.29) is 6.04 Å². The number of thiophene rings is 1. The van der Waals surface area contributed by atoms with Crippen molar-refractivity contribution in [2.24, 2.45) is 0 Å². The Morgan fingerprint density at radius 3 is 2.62 bits per heavy atom. The zero-order valence-corrected chi connectivity index (χ0v) is 10.7. The van der Waals surface area contributed by atoms with E-state index in [1.165, 1.54) is 41.0 Å². The molecular weight excluding hydrogens is 216 g/mol. The minimum absolute atomic E-state index is 0.118. The van der Waals surface area contributed by atoms with Gasteiger partial charge in [0.25, 0.3) is 0 Å². The van der Waals surface area contributed by atoms with Crippen LogP contribution in [0.4, 0.5) is 0 Å². The number of rotatable bonds is 3. The highest BCUT2D eigenvalue weighted by Gasteiger charge is 2.21. The van der Waals surface area contributed by atoms with Gasteiger partial charge in [-0.2, -0.15) is 5.26 Å². The van der Waals surface area contributed by atoms with Crippen molar-refractivity contribution >= 4 is 11.3 Å². The second kappa shape index (κ2) is 4.99. The SMILES string of the molecule is Cc1cc(C(C#N)NC2CCCC2)c(C)s1. The van der Waals surface area contributed by atoms with E-state index in [9.17, 15) is 5.26 Å². The summed E-state index contributed by atoms with van der Waals surface area (Å²) in [5.74, 6) is 0. The van der Waals surface area contributed by atoms with Gasteiger partial charge in [-0.15, -0.1) is 11.3 Å². The number of aryl methyl sites for hydroxylation is 2. The second-order valence-corrected chi connectivity index (χ2v) is 6.04. The summed E-state index contributed by atoms with van der Waals surface area (Å²) in [6, 6.07) is 4.97. The fraction of sp³-hybridized carbons (Fsp3) is 0.615. The molecule has 1 aliphatic carbocycles. The quantitative estimate of drug-likeness (QED) is 0.869. The molecule has 0 amide bonds. The second-order valence-electron chi connectivity index (χ2n) is 4.58. The molecule has 0 aliphatic heterocycles. The summed E-state index contributed by atoms with van der Waals surface area (Å²) < 4.78 is 0. The number of nitriles is 1. The molecule has 16 heavy (non-hydrogen) atoms. The Hall–Kier alpha value is -0.850. The van der Waals surface area contributed by atoms with Gasteiger partial charge in [0, 0.05) is 15.8 Å². The van der Waals surface area contributed by atoms with Crippen molar-refractivity contribution in [1.29, 1.82) is 5.26 Å². The summed E-state index contributed by atoms with van der Waals surface area (Å²) >= 11 is 1.78. The Morgan fingerprint density at radius 2 is 2.12 bits per heavy atom. The van der Waals surface area contributed by atoms with Crippen molar-refractivity contribution in [3.05, 3.63) is 21.4 Å². The molecule has 1 heterocycles. The molecular formula is C13H18N2S. The van der Waals surface area contributed by atoms with Crippen LogP contribution in [0, 0.1) is 25.2 Å². The summed E-state index contributed by atoms with van der Waals surface area (Å²) in [5, 5.41) is 12.7. The summed E-state index contributed by atoms with van der Waals surface area (Å²) in [5.41, 5.74) is 1.18. The number of nitrogens with one attached hydrogen (secondary N) is 1. The van der Waals surface area contributed by atoms with E-state index in [1.807, 2.05) is 0 Å². The highest BCUT2D eigenvalue weighted by molar-refractivity contribution is 7.12. The Morgan fingerprint density at radius 1 is 1.44 bits per heavy atom. The normalized spacial score (nSPS) is 18.6. The maximum atomic E-state index is 9.27. The van der Waals surface area contributed by atoms with Crippen LogP contribution in [0.3, 0.4) is 0 Å². The average Bonchev–Trinajstić information content (AvgIpc) is 2.85. The molecule has 1 fully saturated rings. The predicted octanol–water partition coefficient (Wildman–Crippen LogP) is 3.46. The monoisotopic (exact) mass is 234 g/mol. The fourth-order valence-electron chi connectivity index (χ4n) is 2.46. The maximum Gasteiger partial charge on any atom is 0.122 e. The molecule has 2 nitrogen and oxygen atoms in total. The molecule has 0 aromatic carbocycles.